The number of fused-ring (bicyclic) bond motifs is 16. The van der Waals surface area contributed by atoms with E-state index in [0.717, 1.165) is 0 Å². The minimum absolute atomic E-state index is 0.0304. The maximum atomic E-state index is 2.97. The van der Waals surface area contributed by atoms with Gasteiger partial charge in [-0.15, -0.1) is 0 Å². The van der Waals surface area contributed by atoms with Gasteiger partial charge in [-0.3, -0.25) is 0 Å². The highest BCUT2D eigenvalue weighted by molar-refractivity contribution is 7.00. The van der Waals surface area contributed by atoms with E-state index in [4.69, 9.17) is 0 Å². The third kappa shape index (κ3) is 2.96. The molecule has 0 aromatic heterocycles. The first kappa shape index (κ1) is 30.7. The van der Waals surface area contributed by atoms with E-state index < -0.39 is 0 Å². The number of nitrogens with zero attached hydrogens (tertiary/aromatic N) is 4. The molecule has 8 aliphatic rings. The molecule has 5 heteroatoms. The molecule has 0 radical (unpaired) electrons. The Labute approximate surface area is 320 Å². The first-order valence-corrected chi connectivity index (χ1v) is 20.9. The molecule has 5 aromatic carbocycles. The fraction of sp³-hybridized carbons (Fsp3) is 0.388. The number of rotatable bonds is 0. The van der Waals surface area contributed by atoms with Crippen molar-refractivity contribution in [2.45, 2.75) is 107 Å². The number of benzene rings is 5. The number of hydrogen-bond acceptors (Lipinski definition) is 4. The van der Waals surface area contributed by atoms with Gasteiger partial charge in [0.1, 0.15) is 0 Å². The Kier molecular flexibility index (Phi) is 5.35. The molecule has 5 atom stereocenters. The summed E-state index contributed by atoms with van der Waals surface area (Å²) in [6.45, 7) is 10.7. The van der Waals surface area contributed by atoms with E-state index in [1.165, 1.54) is 130 Å². The van der Waals surface area contributed by atoms with Crippen molar-refractivity contribution in [3.8, 4) is 0 Å². The van der Waals surface area contributed by atoms with Crippen LogP contribution in [0.1, 0.15) is 113 Å². The fourth-order valence-electron chi connectivity index (χ4n) is 14.4. The van der Waals surface area contributed by atoms with E-state index in [1.807, 2.05) is 0 Å². The van der Waals surface area contributed by atoms with Gasteiger partial charge in [-0.2, -0.15) is 0 Å². The molecule has 0 saturated heterocycles. The molecule has 268 valence electrons. The summed E-state index contributed by atoms with van der Waals surface area (Å²) in [5, 5.41) is 0. The highest BCUT2D eigenvalue weighted by Gasteiger charge is 2.65. The summed E-state index contributed by atoms with van der Waals surface area (Å²) in [6.07, 6.45) is 10.1. The second kappa shape index (κ2) is 9.41. The zero-order valence-corrected chi connectivity index (χ0v) is 32.7. The Balaban J connectivity index is 1.26. The molecule has 5 aromatic rings. The molecule has 5 unspecified atom stereocenters. The van der Waals surface area contributed by atoms with E-state index in [1.54, 1.807) is 11.1 Å². The van der Waals surface area contributed by atoms with Crippen LogP contribution in [0.5, 0.6) is 0 Å². The topological polar surface area (TPSA) is 13.0 Å². The molecule has 13 rings (SSSR count). The van der Waals surface area contributed by atoms with E-state index >= 15 is 0 Å². The van der Waals surface area contributed by atoms with Crippen molar-refractivity contribution in [3.05, 3.63) is 113 Å². The van der Waals surface area contributed by atoms with Crippen LogP contribution in [-0.2, 0) is 10.8 Å². The number of para-hydroxylation sites is 4. The summed E-state index contributed by atoms with van der Waals surface area (Å²) < 4.78 is 0. The van der Waals surface area contributed by atoms with E-state index in [-0.39, 0.29) is 34.5 Å². The average Bonchev–Trinajstić information content (AvgIpc) is 3.53. The van der Waals surface area contributed by atoms with E-state index in [0.29, 0.717) is 0 Å². The largest absolute Gasteiger partial charge is 0.344 e. The summed E-state index contributed by atoms with van der Waals surface area (Å²) >= 11 is 0. The van der Waals surface area contributed by atoms with Crippen LogP contribution in [0.2, 0.25) is 0 Å². The van der Waals surface area contributed by atoms with Crippen molar-refractivity contribution in [1.82, 2.24) is 0 Å². The van der Waals surface area contributed by atoms with Crippen molar-refractivity contribution < 1.29 is 0 Å². The molecule has 2 saturated carbocycles. The van der Waals surface area contributed by atoms with Gasteiger partial charge in [0, 0.05) is 59.2 Å². The van der Waals surface area contributed by atoms with Crippen molar-refractivity contribution in [1.29, 1.82) is 0 Å². The first-order valence-electron chi connectivity index (χ1n) is 20.9. The lowest BCUT2D eigenvalue weighted by molar-refractivity contribution is 0.194. The Morgan fingerprint density at radius 2 is 1.06 bits per heavy atom. The highest BCUT2D eigenvalue weighted by Crippen LogP contribution is 2.72. The van der Waals surface area contributed by atoms with Gasteiger partial charge in [0.25, 0.3) is 6.71 Å². The van der Waals surface area contributed by atoms with Crippen LogP contribution in [-0.4, -0.2) is 31.9 Å². The normalized spacial score (nSPS) is 30.9. The lowest BCUT2D eigenvalue weighted by atomic mass is 9.33. The van der Waals surface area contributed by atoms with Crippen molar-refractivity contribution in [2.24, 2.45) is 0 Å². The Bertz CT molecular complexity index is 2400. The molecule has 6 heterocycles. The quantitative estimate of drug-likeness (QED) is 0.149. The standard InChI is InChI=1S/C49H49BN4/c1-46-25-11-13-27-48(46,3)53-40-30(18-15-19-31(40)46)37-29-17-7-9-23-35(29)51(5)42-38(37)43(53)44-39-45(42)54-41-32(47(2)26-12-14-28-49(47,54)4)20-16-22-34(41)50(39)33-21-8-10-24-36(33)52(44)6/h7-10,15-24,37H,11-14,25-28H2,1-6H3. The van der Waals surface area contributed by atoms with E-state index in [9.17, 15) is 0 Å². The van der Waals surface area contributed by atoms with Crippen LogP contribution in [0, 0.1) is 0 Å². The highest BCUT2D eigenvalue weighted by atomic mass is 15.3. The minimum atomic E-state index is -0.0304. The van der Waals surface area contributed by atoms with Crippen LogP contribution < -0.4 is 36.0 Å². The van der Waals surface area contributed by atoms with Gasteiger partial charge in [0.15, 0.2) is 0 Å². The van der Waals surface area contributed by atoms with E-state index in [2.05, 4.69) is 146 Å². The van der Waals surface area contributed by atoms with Crippen LogP contribution >= 0.6 is 0 Å². The second-order valence-electron chi connectivity index (χ2n) is 19.1. The summed E-state index contributed by atoms with van der Waals surface area (Å²) in [5.74, 6) is 0.163. The molecule has 54 heavy (non-hydrogen) atoms. The van der Waals surface area contributed by atoms with Crippen LogP contribution in [0.15, 0.2) is 84.9 Å². The zero-order chi connectivity index (χ0) is 36.3. The Hall–Kier alpha value is -4.64. The van der Waals surface area contributed by atoms with Gasteiger partial charge < -0.3 is 19.6 Å². The lowest BCUT2D eigenvalue weighted by Crippen LogP contribution is -2.65. The molecule has 2 aliphatic carbocycles. The lowest BCUT2D eigenvalue weighted by Gasteiger charge is -2.57. The molecule has 0 spiro atoms. The Morgan fingerprint density at radius 1 is 0.500 bits per heavy atom. The smallest absolute Gasteiger partial charge is 0.252 e. The number of anilines is 8. The van der Waals surface area contributed by atoms with Gasteiger partial charge in [-0.25, -0.2) is 0 Å². The predicted octanol–water partition coefficient (Wildman–Crippen LogP) is 9.66. The monoisotopic (exact) mass is 704 g/mol. The molecule has 0 bridgehead atoms. The zero-order valence-electron chi connectivity index (χ0n) is 32.7. The summed E-state index contributed by atoms with van der Waals surface area (Å²) in [7, 11) is 4.79. The van der Waals surface area contributed by atoms with Crippen molar-refractivity contribution in [3.63, 3.8) is 0 Å². The van der Waals surface area contributed by atoms with Crippen LogP contribution in [0.3, 0.4) is 0 Å². The molecule has 4 nitrogen and oxygen atoms in total. The average molecular weight is 705 g/mol. The van der Waals surface area contributed by atoms with Crippen molar-refractivity contribution >= 4 is 68.6 Å². The molecular formula is C49H49BN4. The molecule has 6 aliphatic heterocycles. The third-order valence-corrected chi connectivity index (χ3v) is 17.3. The summed E-state index contributed by atoms with van der Waals surface area (Å²) in [4.78, 5) is 11.2. The van der Waals surface area contributed by atoms with Gasteiger partial charge in [-0.1, -0.05) is 112 Å². The third-order valence-electron chi connectivity index (χ3n) is 17.3. The Morgan fingerprint density at radius 3 is 1.80 bits per heavy atom. The van der Waals surface area contributed by atoms with Gasteiger partial charge in [0.2, 0.25) is 0 Å². The maximum Gasteiger partial charge on any atom is 0.252 e. The number of hydrogen-bond donors (Lipinski definition) is 0. The molecule has 0 N–H and O–H groups in total. The summed E-state index contributed by atoms with van der Waals surface area (Å²) in [5.41, 5.74) is 23.8. The predicted molar refractivity (Wildman–Crippen MR) is 227 cm³/mol. The minimum Gasteiger partial charge on any atom is -0.344 e. The first-order chi connectivity index (χ1) is 26.2. The van der Waals surface area contributed by atoms with Crippen LogP contribution in [0.25, 0.3) is 0 Å². The fourth-order valence-corrected chi connectivity index (χ4v) is 14.4. The van der Waals surface area contributed by atoms with Crippen molar-refractivity contribution in [2.75, 3.05) is 33.7 Å². The van der Waals surface area contributed by atoms with Gasteiger partial charge in [0.05, 0.1) is 33.8 Å². The second-order valence-corrected chi connectivity index (χ2v) is 19.1. The molecule has 2 fully saturated rings. The molecule has 0 amide bonds. The summed E-state index contributed by atoms with van der Waals surface area (Å²) in [6, 6.07) is 33.6. The maximum absolute atomic E-state index is 2.97. The van der Waals surface area contributed by atoms with Gasteiger partial charge >= 0.3 is 0 Å². The van der Waals surface area contributed by atoms with Crippen LogP contribution in [0.4, 0.5) is 45.5 Å². The van der Waals surface area contributed by atoms with Gasteiger partial charge in [-0.05, 0) is 90.3 Å². The molecular weight excluding hydrogens is 655 g/mol. The SMILES string of the molecule is CN1c2ccccc2C2c3cccc4c3N(c3c2c1c1c2c3N(C)c3ccccc3B2c2cccc3c2N1C1(C)CCCCC31C)C1(C)CCCCC41C.